The monoisotopic (exact) mass is 652 g/mol. The van der Waals surface area contributed by atoms with Gasteiger partial charge in [-0.05, 0) is 30.5 Å². The summed E-state index contributed by atoms with van der Waals surface area (Å²) in [7, 11) is 4.19. The quantitative estimate of drug-likeness (QED) is 0.274. The predicted molar refractivity (Wildman–Crippen MR) is 169 cm³/mol. The maximum absolute atomic E-state index is 13.0. The Bertz CT molecular complexity index is 1940. The molecule has 1 saturated heterocycles. The predicted octanol–water partition coefficient (Wildman–Crippen LogP) is 3.11. The first kappa shape index (κ1) is 30.9. The van der Waals surface area contributed by atoms with Gasteiger partial charge < -0.3 is 25.2 Å². The lowest BCUT2D eigenvalue weighted by atomic mass is 9.99. The number of amides is 1. The van der Waals surface area contributed by atoms with Crippen LogP contribution < -0.4 is 26.6 Å². The Morgan fingerprint density at radius 1 is 1.07 bits per heavy atom. The van der Waals surface area contributed by atoms with Crippen molar-refractivity contribution in [2.75, 3.05) is 25.6 Å². The van der Waals surface area contributed by atoms with Crippen molar-refractivity contribution in [1.29, 1.82) is 0 Å². The molecule has 4 aromatic rings. The highest BCUT2D eigenvalue weighted by molar-refractivity contribution is 6.39. The van der Waals surface area contributed by atoms with E-state index in [-0.39, 0.29) is 22.8 Å². The van der Waals surface area contributed by atoms with Crippen LogP contribution in [0.1, 0.15) is 34.1 Å². The molecule has 1 fully saturated rings. The molecule has 3 heterocycles. The fourth-order valence-corrected chi connectivity index (χ4v) is 6.42. The van der Waals surface area contributed by atoms with Crippen LogP contribution in [0.3, 0.4) is 0 Å². The number of pyridine rings is 1. The molecule has 2 aromatic heterocycles. The number of nitrogens with zero attached hydrogens (tertiary/aromatic N) is 4. The van der Waals surface area contributed by atoms with Crippen molar-refractivity contribution >= 4 is 34.8 Å². The fourth-order valence-electron chi connectivity index (χ4n) is 5.82. The van der Waals surface area contributed by atoms with Crippen LogP contribution in [0.5, 0.6) is 5.88 Å². The largest absolute Gasteiger partial charge is 0.481 e. The Morgan fingerprint density at radius 2 is 1.78 bits per heavy atom. The topological polar surface area (TPSA) is 150 Å². The van der Waals surface area contributed by atoms with Crippen LogP contribution >= 0.6 is 23.2 Å². The summed E-state index contributed by atoms with van der Waals surface area (Å²) < 4.78 is 12.9. The molecule has 0 radical (unpaired) electrons. The number of halogens is 2. The maximum Gasteiger partial charge on any atom is 0.346 e. The molecule has 2 aliphatic rings. The normalized spacial score (nSPS) is 19.0. The first-order chi connectivity index (χ1) is 21.6. The number of hydrogen-bond acceptors (Lipinski definition) is 9. The molecule has 0 saturated carbocycles. The molecular weight excluding hydrogens is 623 g/mol. The van der Waals surface area contributed by atoms with Gasteiger partial charge in [-0.3, -0.25) is 14.2 Å². The van der Waals surface area contributed by atoms with Gasteiger partial charge in [0.05, 0.1) is 53.9 Å². The lowest BCUT2D eigenvalue weighted by molar-refractivity contribution is 0.101. The first-order valence-electron chi connectivity index (χ1n) is 14.2. The summed E-state index contributed by atoms with van der Waals surface area (Å²) in [6.07, 6.45) is 1.05. The molecule has 14 heteroatoms. The van der Waals surface area contributed by atoms with Crippen LogP contribution in [-0.4, -0.2) is 62.8 Å². The van der Waals surface area contributed by atoms with Gasteiger partial charge in [-0.1, -0.05) is 53.5 Å². The molecule has 45 heavy (non-hydrogen) atoms. The van der Waals surface area contributed by atoms with E-state index in [1.165, 1.54) is 14.1 Å². The number of aliphatic hydroxyl groups excluding tert-OH is 1. The molecule has 1 aliphatic carbocycles. The average Bonchev–Trinajstić information content (AvgIpc) is 3.64. The second-order valence-corrected chi connectivity index (χ2v) is 11.7. The molecule has 234 valence electrons. The highest BCUT2D eigenvalue weighted by atomic mass is 35.5. The van der Waals surface area contributed by atoms with E-state index in [1.807, 2.05) is 24.3 Å². The zero-order valence-corrected chi connectivity index (χ0v) is 26.1. The van der Waals surface area contributed by atoms with Crippen molar-refractivity contribution in [3.05, 3.63) is 90.2 Å². The van der Waals surface area contributed by atoms with Gasteiger partial charge in [0.1, 0.15) is 0 Å². The molecule has 6 rings (SSSR count). The highest BCUT2D eigenvalue weighted by Crippen LogP contribution is 2.44. The number of fused-ring (bicyclic) bond motifs is 1. The summed E-state index contributed by atoms with van der Waals surface area (Å²) in [6, 6.07) is 12.4. The fraction of sp³-hybridized carbons (Fsp3) is 0.323. The van der Waals surface area contributed by atoms with E-state index in [0.29, 0.717) is 46.5 Å². The zero-order chi connectivity index (χ0) is 32.0. The minimum Gasteiger partial charge on any atom is -0.481 e. The number of ether oxygens (including phenoxy) is 2. The average molecular weight is 654 g/mol. The third kappa shape index (κ3) is 5.64. The SMILES string of the molecule is COc1nc(-c2cccc(-c3cccc(NC(=O)c4nn(C)c(=O)n(C)c4=O)c3Cl)c2Cl)cc2c1[C@@H](N[C@@H]1COC[C@@H]1O)CC2. The van der Waals surface area contributed by atoms with Gasteiger partial charge in [0, 0.05) is 42.4 Å². The van der Waals surface area contributed by atoms with Crippen molar-refractivity contribution in [1.82, 2.24) is 24.6 Å². The summed E-state index contributed by atoms with van der Waals surface area (Å²) in [4.78, 5) is 42.4. The van der Waals surface area contributed by atoms with Crippen molar-refractivity contribution in [2.24, 2.45) is 14.1 Å². The Labute approximate surface area is 267 Å². The summed E-state index contributed by atoms with van der Waals surface area (Å²) >= 11 is 13.8. The number of aryl methyl sites for hydroxylation is 2. The summed E-state index contributed by atoms with van der Waals surface area (Å²) in [5.41, 5.74) is 2.75. The lowest BCUT2D eigenvalue weighted by Crippen LogP contribution is -2.43. The third-order valence-electron chi connectivity index (χ3n) is 8.17. The number of anilines is 1. The Kier molecular flexibility index (Phi) is 8.51. The van der Waals surface area contributed by atoms with E-state index in [4.69, 9.17) is 37.7 Å². The van der Waals surface area contributed by atoms with Gasteiger partial charge in [0.25, 0.3) is 11.5 Å². The molecule has 0 unspecified atom stereocenters. The van der Waals surface area contributed by atoms with Crippen LogP contribution in [0.25, 0.3) is 22.4 Å². The summed E-state index contributed by atoms with van der Waals surface area (Å²) in [5.74, 6) is -0.337. The minimum absolute atomic E-state index is 0.0347. The van der Waals surface area contributed by atoms with Crippen molar-refractivity contribution in [2.45, 2.75) is 31.0 Å². The lowest BCUT2D eigenvalue weighted by Gasteiger charge is -2.22. The molecule has 2 aromatic carbocycles. The first-order valence-corrected chi connectivity index (χ1v) is 15.0. The van der Waals surface area contributed by atoms with E-state index < -0.39 is 29.0 Å². The molecule has 1 aliphatic heterocycles. The van der Waals surface area contributed by atoms with Crippen molar-refractivity contribution in [3.8, 4) is 28.3 Å². The van der Waals surface area contributed by atoms with E-state index in [1.54, 1.807) is 25.3 Å². The van der Waals surface area contributed by atoms with Crippen molar-refractivity contribution in [3.63, 3.8) is 0 Å². The number of hydrogen-bond donors (Lipinski definition) is 3. The smallest absolute Gasteiger partial charge is 0.346 e. The van der Waals surface area contributed by atoms with E-state index >= 15 is 0 Å². The second kappa shape index (κ2) is 12.4. The zero-order valence-electron chi connectivity index (χ0n) is 24.6. The van der Waals surface area contributed by atoms with Crippen LogP contribution in [0, 0.1) is 0 Å². The van der Waals surface area contributed by atoms with Crippen molar-refractivity contribution < 1.29 is 19.4 Å². The number of carbonyl (C=O) groups excluding carboxylic acids is 1. The molecule has 3 atom stereocenters. The second-order valence-electron chi connectivity index (χ2n) is 11.0. The molecule has 0 spiro atoms. The van der Waals surface area contributed by atoms with E-state index in [9.17, 15) is 19.5 Å². The van der Waals surface area contributed by atoms with Gasteiger partial charge >= 0.3 is 5.69 Å². The Hall–Kier alpha value is -4.07. The standard InChI is InChI=1S/C31H30Cl2N6O6/c1-38-30(42)27(37-39(2)31(38)43)28(41)35-20-9-5-7-17(26(20)33)16-6-4-8-18(25(16)32)21-12-15-10-11-19(24(15)29(36-21)44-3)34-22-13-45-14-23(22)40/h4-9,12,19,22-23,34,40H,10-11,13-14H2,1-3H3,(H,35,41)/t19-,22+,23-/m0/s1. The number of benzene rings is 2. The van der Waals surface area contributed by atoms with Crippen LogP contribution in [0.2, 0.25) is 10.0 Å². The number of rotatable bonds is 7. The van der Waals surface area contributed by atoms with Gasteiger partial charge in [-0.15, -0.1) is 0 Å². The van der Waals surface area contributed by atoms with Crippen LogP contribution in [-0.2, 0) is 25.3 Å². The maximum atomic E-state index is 13.0. The van der Waals surface area contributed by atoms with E-state index in [0.717, 1.165) is 33.2 Å². The third-order valence-corrected chi connectivity index (χ3v) is 8.98. The Balaban J connectivity index is 1.32. The molecule has 0 bridgehead atoms. The number of aromatic nitrogens is 4. The van der Waals surface area contributed by atoms with E-state index in [2.05, 4.69) is 15.7 Å². The minimum atomic E-state index is -0.830. The van der Waals surface area contributed by atoms with Gasteiger partial charge in [-0.25, -0.2) is 14.5 Å². The number of methoxy groups -OCH3 is 1. The van der Waals surface area contributed by atoms with Gasteiger partial charge in [0.15, 0.2) is 0 Å². The van der Waals surface area contributed by atoms with Gasteiger partial charge in [0.2, 0.25) is 11.6 Å². The Morgan fingerprint density at radius 3 is 2.49 bits per heavy atom. The summed E-state index contributed by atoms with van der Waals surface area (Å²) in [6.45, 7) is 0.755. The summed E-state index contributed by atoms with van der Waals surface area (Å²) in [5, 5.41) is 20.8. The van der Waals surface area contributed by atoms with Crippen LogP contribution in [0.15, 0.2) is 52.1 Å². The molecule has 1 amide bonds. The molecule has 3 N–H and O–H groups in total. The number of carbonyl (C=O) groups is 1. The molecular formula is C31H30Cl2N6O6. The number of aliphatic hydroxyl groups is 1. The van der Waals surface area contributed by atoms with Gasteiger partial charge in [-0.2, -0.15) is 5.10 Å². The van der Waals surface area contributed by atoms with Crippen LogP contribution in [0.4, 0.5) is 5.69 Å². The number of nitrogens with one attached hydrogen (secondary N) is 2. The highest BCUT2D eigenvalue weighted by Gasteiger charge is 2.34. The molecule has 12 nitrogen and oxygen atoms in total.